The van der Waals surface area contributed by atoms with Crippen molar-refractivity contribution in [2.75, 3.05) is 0 Å². The van der Waals surface area contributed by atoms with Crippen LogP contribution in [0.25, 0.3) is 0 Å². The monoisotopic (exact) mass is 292 g/mol. The highest BCUT2D eigenvalue weighted by atomic mass is 19.1. The molecule has 9 heteroatoms. The molecule has 1 aromatic heterocycles. The minimum Gasteiger partial charge on any atom is -0.448 e. The molecule has 3 N–H and O–H groups in total. The van der Waals surface area contributed by atoms with Gasteiger partial charge in [0, 0.05) is 12.1 Å². The molecule has 0 saturated carbocycles. The molecule has 0 fully saturated rings. The van der Waals surface area contributed by atoms with Crippen LogP contribution >= 0.6 is 0 Å². The number of benzene rings is 1. The molecule has 0 atom stereocenters. The van der Waals surface area contributed by atoms with E-state index >= 15 is 0 Å². The number of ether oxygens (including phenoxy) is 1. The Morgan fingerprint density at radius 2 is 2.19 bits per heavy atom. The lowest BCUT2D eigenvalue weighted by Crippen LogP contribution is -2.14. The van der Waals surface area contributed by atoms with Crippen molar-refractivity contribution in [3.05, 3.63) is 58.2 Å². The summed E-state index contributed by atoms with van der Waals surface area (Å²) in [6.45, 7) is 0. The van der Waals surface area contributed by atoms with E-state index in [-0.39, 0.29) is 28.7 Å². The van der Waals surface area contributed by atoms with Gasteiger partial charge in [-0.15, -0.1) is 0 Å². The highest BCUT2D eigenvalue weighted by Gasteiger charge is 2.17. The molecule has 0 aliphatic rings. The lowest BCUT2D eigenvalue weighted by molar-refractivity contribution is -0.385. The molecule has 0 radical (unpaired) electrons. The molecule has 0 aliphatic heterocycles. The summed E-state index contributed by atoms with van der Waals surface area (Å²) in [5.41, 5.74) is 5.15. The Hall–Kier alpha value is -3.23. The summed E-state index contributed by atoms with van der Waals surface area (Å²) in [5.74, 6) is -0.980. The van der Waals surface area contributed by atoms with Crippen molar-refractivity contribution in [3.8, 4) is 11.5 Å². The Kier molecular flexibility index (Phi) is 3.93. The SMILES string of the molecule is N/C(=N/O)c1ccc(Oc2cc(F)ccc2[N+](=O)[O-])cn1. The molecule has 8 nitrogen and oxygen atoms in total. The summed E-state index contributed by atoms with van der Waals surface area (Å²) in [4.78, 5) is 14.0. The zero-order chi connectivity index (χ0) is 15.4. The Bertz CT molecular complexity index is 703. The minimum atomic E-state index is -0.688. The fraction of sp³-hybridized carbons (Fsp3) is 0. The third-order valence-electron chi connectivity index (χ3n) is 2.45. The maximum atomic E-state index is 13.2. The minimum absolute atomic E-state index is 0.137. The fourth-order valence-corrected chi connectivity index (χ4v) is 1.49. The Morgan fingerprint density at radius 1 is 1.43 bits per heavy atom. The molecule has 0 bridgehead atoms. The molecule has 2 aromatic rings. The molecule has 0 spiro atoms. The van der Waals surface area contributed by atoms with E-state index in [1.54, 1.807) is 0 Å². The van der Waals surface area contributed by atoms with Crippen molar-refractivity contribution < 1.29 is 19.3 Å². The van der Waals surface area contributed by atoms with Gasteiger partial charge in [0.05, 0.1) is 11.1 Å². The standard InChI is InChI=1S/C12H9FN4O4/c13-7-1-4-10(17(19)20)11(5-7)21-8-2-3-9(15-6-8)12(14)16-18/h1-6,18H,(H2,14,16). The number of hydrogen-bond acceptors (Lipinski definition) is 6. The van der Waals surface area contributed by atoms with Crippen LogP contribution in [0.5, 0.6) is 11.5 Å². The molecular formula is C12H9FN4O4. The van der Waals surface area contributed by atoms with E-state index in [4.69, 9.17) is 15.7 Å². The highest BCUT2D eigenvalue weighted by molar-refractivity contribution is 5.95. The van der Waals surface area contributed by atoms with Gasteiger partial charge in [0.2, 0.25) is 5.75 Å². The summed E-state index contributed by atoms with van der Waals surface area (Å²) in [7, 11) is 0. The van der Waals surface area contributed by atoms with Gasteiger partial charge in [0.25, 0.3) is 0 Å². The first-order valence-corrected chi connectivity index (χ1v) is 5.57. The Balaban J connectivity index is 2.30. The normalized spacial score (nSPS) is 11.2. The van der Waals surface area contributed by atoms with Crippen LogP contribution in [-0.4, -0.2) is 21.0 Å². The first kappa shape index (κ1) is 14.2. The number of aromatic nitrogens is 1. The van der Waals surface area contributed by atoms with Crippen molar-refractivity contribution in [1.29, 1.82) is 0 Å². The molecule has 1 aromatic carbocycles. The first-order valence-electron chi connectivity index (χ1n) is 5.57. The second kappa shape index (κ2) is 5.82. The maximum Gasteiger partial charge on any atom is 0.311 e. The summed E-state index contributed by atoms with van der Waals surface area (Å²) >= 11 is 0. The van der Waals surface area contributed by atoms with E-state index in [1.165, 1.54) is 18.3 Å². The van der Waals surface area contributed by atoms with Gasteiger partial charge in [-0.1, -0.05) is 5.16 Å². The van der Waals surface area contributed by atoms with Crippen LogP contribution in [0.15, 0.2) is 41.7 Å². The zero-order valence-electron chi connectivity index (χ0n) is 10.4. The summed E-state index contributed by atoms with van der Waals surface area (Å²) in [6, 6.07) is 5.65. The zero-order valence-corrected chi connectivity index (χ0v) is 10.4. The number of nitro groups is 1. The van der Waals surface area contributed by atoms with E-state index < -0.39 is 10.7 Å². The quantitative estimate of drug-likeness (QED) is 0.292. The lowest BCUT2D eigenvalue weighted by Gasteiger charge is -2.06. The fourth-order valence-electron chi connectivity index (χ4n) is 1.49. The highest BCUT2D eigenvalue weighted by Crippen LogP contribution is 2.31. The van der Waals surface area contributed by atoms with Gasteiger partial charge in [-0.2, -0.15) is 0 Å². The van der Waals surface area contributed by atoms with Crippen molar-refractivity contribution in [2.45, 2.75) is 0 Å². The van der Waals surface area contributed by atoms with Gasteiger partial charge in [0.1, 0.15) is 17.3 Å². The van der Waals surface area contributed by atoms with Gasteiger partial charge in [-0.05, 0) is 18.2 Å². The summed E-state index contributed by atoms with van der Waals surface area (Å²) in [6.07, 6.45) is 1.21. The number of oxime groups is 1. The Labute approximate surface area is 117 Å². The molecule has 108 valence electrons. The van der Waals surface area contributed by atoms with Crippen molar-refractivity contribution in [2.24, 2.45) is 10.9 Å². The van der Waals surface area contributed by atoms with Crippen LogP contribution in [0.2, 0.25) is 0 Å². The topological polar surface area (TPSA) is 124 Å². The maximum absolute atomic E-state index is 13.2. The number of pyridine rings is 1. The number of nitrogens with zero attached hydrogens (tertiary/aromatic N) is 3. The van der Waals surface area contributed by atoms with Crippen molar-refractivity contribution >= 4 is 11.5 Å². The van der Waals surface area contributed by atoms with E-state index in [0.717, 1.165) is 18.2 Å². The molecule has 0 unspecified atom stereocenters. The van der Waals surface area contributed by atoms with Crippen molar-refractivity contribution in [3.63, 3.8) is 0 Å². The lowest BCUT2D eigenvalue weighted by atomic mass is 10.3. The number of halogens is 1. The van der Waals surface area contributed by atoms with Crippen LogP contribution in [0, 0.1) is 15.9 Å². The number of amidine groups is 1. The predicted octanol–water partition coefficient (Wildman–Crippen LogP) is 2.02. The predicted molar refractivity (Wildman–Crippen MR) is 69.9 cm³/mol. The number of hydrogen-bond donors (Lipinski definition) is 2. The van der Waals surface area contributed by atoms with Crippen LogP contribution in [0.1, 0.15) is 5.69 Å². The first-order chi connectivity index (χ1) is 10.0. The smallest absolute Gasteiger partial charge is 0.311 e. The van der Waals surface area contributed by atoms with Crippen LogP contribution in [0.4, 0.5) is 10.1 Å². The summed E-state index contributed by atoms with van der Waals surface area (Å²) < 4.78 is 18.4. The van der Waals surface area contributed by atoms with Crippen LogP contribution in [0.3, 0.4) is 0 Å². The Morgan fingerprint density at radius 3 is 2.76 bits per heavy atom. The van der Waals surface area contributed by atoms with Crippen molar-refractivity contribution in [1.82, 2.24) is 4.98 Å². The summed E-state index contributed by atoms with van der Waals surface area (Å²) in [5, 5.41) is 22.1. The molecule has 0 aliphatic carbocycles. The van der Waals surface area contributed by atoms with Gasteiger partial charge in [-0.25, -0.2) is 9.37 Å². The average molecular weight is 292 g/mol. The van der Waals surface area contributed by atoms with E-state index in [9.17, 15) is 14.5 Å². The third kappa shape index (κ3) is 3.21. The number of nitro benzene ring substituents is 1. The van der Waals surface area contributed by atoms with Gasteiger partial charge >= 0.3 is 5.69 Å². The van der Waals surface area contributed by atoms with Crippen LogP contribution in [-0.2, 0) is 0 Å². The van der Waals surface area contributed by atoms with Gasteiger partial charge < -0.3 is 15.7 Å². The van der Waals surface area contributed by atoms with Crippen LogP contribution < -0.4 is 10.5 Å². The van der Waals surface area contributed by atoms with E-state index in [1.807, 2.05) is 0 Å². The molecule has 21 heavy (non-hydrogen) atoms. The number of nitrogens with two attached hydrogens (primary N) is 1. The average Bonchev–Trinajstić information content (AvgIpc) is 2.47. The molecule has 2 rings (SSSR count). The second-order valence-electron chi connectivity index (χ2n) is 3.84. The number of rotatable bonds is 4. The third-order valence-corrected chi connectivity index (χ3v) is 2.45. The van der Waals surface area contributed by atoms with E-state index in [2.05, 4.69) is 10.1 Å². The van der Waals surface area contributed by atoms with Gasteiger partial charge in [0.15, 0.2) is 5.84 Å². The van der Waals surface area contributed by atoms with Gasteiger partial charge in [-0.3, -0.25) is 10.1 Å². The molecule has 0 saturated heterocycles. The second-order valence-corrected chi connectivity index (χ2v) is 3.84. The molecular weight excluding hydrogens is 283 g/mol. The van der Waals surface area contributed by atoms with E-state index in [0.29, 0.717) is 0 Å². The molecule has 1 heterocycles. The molecule has 0 amide bonds. The largest absolute Gasteiger partial charge is 0.448 e.